The van der Waals surface area contributed by atoms with Gasteiger partial charge in [-0.05, 0) is 85.3 Å². The van der Waals surface area contributed by atoms with E-state index < -0.39 is 0 Å². The Labute approximate surface area is 188 Å². The molecule has 0 aromatic heterocycles. The van der Waals surface area contributed by atoms with E-state index in [-0.39, 0.29) is 17.8 Å². The second-order valence-corrected chi connectivity index (χ2v) is 8.61. The van der Waals surface area contributed by atoms with Gasteiger partial charge in [0.1, 0.15) is 0 Å². The van der Waals surface area contributed by atoms with Crippen LogP contribution in [0, 0.1) is 3.57 Å². The molecule has 28 heavy (non-hydrogen) atoms. The van der Waals surface area contributed by atoms with Gasteiger partial charge in [-0.1, -0.05) is 11.6 Å². The van der Waals surface area contributed by atoms with Crippen LogP contribution >= 0.6 is 46.0 Å². The van der Waals surface area contributed by atoms with Gasteiger partial charge in [-0.2, -0.15) is 5.10 Å². The number of carbonyl (C=O) groups is 1. The molecule has 1 N–H and O–H groups in total. The van der Waals surface area contributed by atoms with Crippen molar-refractivity contribution in [3.63, 3.8) is 0 Å². The SMILES string of the molecule is CCOc1cc(/C=N\NC(=O)CSc2ccc(Cl)cc2)cc(I)c1OC(C)C. The Morgan fingerprint density at radius 3 is 2.68 bits per heavy atom. The van der Waals surface area contributed by atoms with Crippen LogP contribution in [0.25, 0.3) is 0 Å². The molecule has 0 unspecified atom stereocenters. The van der Waals surface area contributed by atoms with Crippen LogP contribution in [-0.4, -0.2) is 30.6 Å². The number of hydrogen-bond acceptors (Lipinski definition) is 5. The van der Waals surface area contributed by atoms with Gasteiger partial charge in [-0.15, -0.1) is 11.8 Å². The molecule has 0 fully saturated rings. The van der Waals surface area contributed by atoms with Gasteiger partial charge in [-0.3, -0.25) is 4.79 Å². The van der Waals surface area contributed by atoms with E-state index >= 15 is 0 Å². The maximum atomic E-state index is 12.0. The Hall–Kier alpha value is -1.45. The minimum atomic E-state index is -0.185. The van der Waals surface area contributed by atoms with Gasteiger partial charge in [0.25, 0.3) is 0 Å². The largest absolute Gasteiger partial charge is 0.490 e. The first-order chi connectivity index (χ1) is 13.4. The van der Waals surface area contributed by atoms with Crippen molar-refractivity contribution >= 4 is 58.1 Å². The predicted octanol–water partition coefficient (Wildman–Crippen LogP) is 5.37. The average Bonchev–Trinajstić information content (AvgIpc) is 2.64. The molecule has 2 aromatic carbocycles. The number of amides is 1. The minimum Gasteiger partial charge on any atom is -0.490 e. The van der Waals surface area contributed by atoms with Gasteiger partial charge in [0, 0.05) is 9.92 Å². The van der Waals surface area contributed by atoms with E-state index in [1.165, 1.54) is 11.8 Å². The number of benzene rings is 2. The smallest absolute Gasteiger partial charge is 0.250 e. The monoisotopic (exact) mass is 532 g/mol. The maximum Gasteiger partial charge on any atom is 0.250 e. The topological polar surface area (TPSA) is 59.9 Å². The minimum absolute atomic E-state index is 0.0460. The van der Waals surface area contributed by atoms with Crippen LogP contribution < -0.4 is 14.9 Å². The molecule has 2 rings (SSSR count). The van der Waals surface area contributed by atoms with Gasteiger partial charge < -0.3 is 9.47 Å². The fraction of sp³-hybridized carbons (Fsp3) is 0.300. The first kappa shape index (κ1) is 22.8. The molecular weight excluding hydrogens is 511 g/mol. The van der Waals surface area contributed by atoms with Crippen LogP contribution in [0.2, 0.25) is 5.02 Å². The summed E-state index contributed by atoms with van der Waals surface area (Å²) in [5.74, 6) is 1.46. The lowest BCUT2D eigenvalue weighted by molar-refractivity contribution is -0.118. The molecule has 0 saturated carbocycles. The van der Waals surface area contributed by atoms with Crippen LogP contribution in [-0.2, 0) is 4.79 Å². The number of halogens is 2. The van der Waals surface area contributed by atoms with Crippen LogP contribution in [0.15, 0.2) is 46.4 Å². The third-order valence-electron chi connectivity index (χ3n) is 3.27. The number of rotatable bonds is 9. The molecule has 8 heteroatoms. The molecule has 150 valence electrons. The Balaban J connectivity index is 1.96. The number of ether oxygens (including phenoxy) is 2. The summed E-state index contributed by atoms with van der Waals surface area (Å²) in [6.45, 7) is 6.40. The lowest BCUT2D eigenvalue weighted by atomic mass is 10.2. The van der Waals surface area contributed by atoms with Crippen molar-refractivity contribution in [1.29, 1.82) is 0 Å². The standard InChI is InChI=1S/C20H22ClIN2O3S/c1-4-26-18-10-14(9-17(22)20(18)27-13(2)3)11-23-24-19(25)12-28-16-7-5-15(21)6-8-16/h5-11,13H,4,12H2,1-3H3,(H,24,25)/b23-11-. The number of thioether (sulfide) groups is 1. The lowest BCUT2D eigenvalue weighted by Gasteiger charge is -2.16. The van der Waals surface area contributed by atoms with Gasteiger partial charge in [0.2, 0.25) is 5.91 Å². The molecule has 0 saturated heterocycles. The van der Waals surface area contributed by atoms with Crippen molar-refractivity contribution in [1.82, 2.24) is 5.43 Å². The summed E-state index contributed by atoms with van der Waals surface area (Å²) in [5, 5.41) is 4.71. The van der Waals surface area contributed by atoms with Crippen molar-refractivity contribution in [3.8, 4) is 11.5 Å². The number of hydrogen-bond donors (Lipinski definition) is 1. The summed E-state index contributed by atoms with van der Waals surface area (Å²) in [7, 11) is 0. The number of nitrogens with zero attached hydrogens (tertiary/aromatic N) is 1. The highest BCUT2D eigenvalue weighted by Gasteiger charge is 2.13. The summed E-state index contributed by atoms with van der Waals surface area (Å²) in [6, 6.07) is 11.1. The summed E-state index contributed by atoms with van der Waals surface area (Å²) >= 11 is 9.48. The van der Waals surface area contributed by atoms with Crippen LogP contribution in [0.3, 0.4) is 0 Å². The van der Waals surface area contributed by atoms with Crippen molar-refractivity contribution in [2.75, 3.05) is 12.4 Å². The second kappa shape index (κ2) is 11.5. The third-order valence-corrected chi connectivity index (χ3v) is 5.34. The molecule has 5 nitrogen and oxygen atoms in total. The summed E-state index contributed by atoms with van der Waals surface area (Å²) in [4.78, 5) is 12.9. The number of nitrogens with one attached hydrogen (secondary N) is 1. The molecule has 2 aromatic rings. The average molecular weight is 533 g/mol. The van der Waals surface area contributed by atoms with E-state index in [4.69, 9.17) is 21.1 Å². The molecule has 0 aliphatic carbocycles. The van der Waals surface area contributed by atoms with Gasteiger partial charge >= 0.3 is 0 Å². The summed E-state index contributed by atoms with van der Waals surface area (Å²) in [6.07, 6.45) is 1.64. The number of hydrazone groups is 1. The van der Waals surface area contributed by atoms with E-state index in [0.29, 0.717) is 17.4 Å². The predicted molar refractivity (Wildman–Crippen MR) is 124 cm³/mol. The Morgan fingerprint density at radius 1 is 1.32 bits per heavy atom. The van der Waals surface area contributed by atoms with Crippen molar-refractivity contribution in [2.24, 2.45) is 5.10 Å². The molecule has 0 aliphatic heterocycles. The molecular formula is C20H22ClIN2O3S. The summed E-state index contributed by atoms with van der Waals surface area (Å²) < 4.78 is 12.5. The quantitative estimate of drug-likeness (QED) is 0.204. The highest BCUT2D eigenvalue weighted by atomic mass is 127. The van der Waals surface area contributed by atoms with Crippen molar-refractivity contribution in [3.05, 3.63) is 50.6 Å². The van der Waals surface area contributed by atoms with Crippen molar-refractivity contribution in [2.45, 2.75) is 31.8 Å². The van der Waals surface area contributed by atoms with Crippen molar-refractivity contribution < 1.29 is 14.3 Å². The molecule has 0 heterocycles. The first-order valence-electron chi connectivity index (χ1n) is 8.72. The Morgan fingerprint density at radius 2 is 2.04 bits per heavy atom. The maximum absolute atomic E-state index is 12.0. The zero-order valence-electron chi connectivity index (χ0n) is 15.9. The molecule has 0 aliphatic rings. The number of carbonyl (C=O) groups excluding carboxylic acids is 1. The lowest BCUT2D eigenvalue weighted by Crippen LogP contribution is -2.19. The zero-order chi connectivity index (χ0) is 20.5. The first-order valence-corrected chi connectivity index (χ1v) is 11.2. The highest BCUT2D eigenvalue weighted by Crippen LogP contribution is 2.34. The Kier molecular flexibility index (Phi) is 9.40. The molecule has 1 amide bonds. The fourth-order valence-corrected chi connectivity index (χ4v) is 3.74. The molecule has 0 radical (unpaired) electrons. The van der Waals surface area contributed by atoms with E-state index in [9.17, 15) is 4.79 Å². The highest BCUT2D eigenvalue weighted by molar-refractivity contribution is 14.1. The van der Waals surface area contributed by atoms with Crippen LogP contribution in [0.5, 0.6) is 11.5 Å². The second-order valence-electron chi connectivity index (χ2n) is 5.97. The van der Waals surface area contributed by atoms with Gasteiger partial charge in [0.15, 0.2) is 11.5 Å². The van der Waals surface area contributed by atoms with E-state index in [1.807, 2.05) is 45.0 Å². The van der Waals surface area contributed by atoms with E-state index in [0.717, 1.165) is 19.8 Å². The van der Waals surface area contributed by atoms with E-state index in [2.05, 4.69) is 33.1 Å². The van der Waals surface area contributed by atoms with Gasteiger partial charge in [0.05, 0.1) is 28.2 Å². The molecule has 0 spiro atoms. The molecule has 0 bridgehead atoms. The van der Waals surface area contributed by atoms with Crippen LogP contribution in [0.4, 0.5) is 0 Å². The molecule has 0 atom stereocenters. The third kappa shape index (κ3) is 7.52. The van der Waals surface area contributed by atoms with Crippen LogP contribution in [0.1, 0.15) is 26.3 Å². The summed E-state index contributed by atoms with van der Waals surface area (Å²) in [5.41, 5.74) is 3.35. The fourth-order valence-electron chi connectivity index (χ4n) is 2.17. The van der Waals surface area contributed by atoms with E-state index in [1.54, 1.807) is 18.3 Å². The normalized spacial score (nSPS) is 11.1. The Bertz CT molecular complexity index is 829. The van der Waals surface area contributed by atoms with Gasteiger partial charge in [-0.25, -0.2) is 5.43 Å². The zero-order valence-corrected chi connectivity index (χ0v) is 19.6.